The first-order valence-corrected chi connectivity index (χ1v) is 5.19. The van der Waals surface area contributed by atoms with E-state index >= 15 is 0 Å². The highest BCUT2D eigenvalue weighted by Gasteiger charge is 2.02. The highest BCUT2D eigenvalue weighted by molar-refractivity contribution is 8.14. The van der Waals surface area contributed by atoms with Gasteiger partial charge in [-0.15, -0.1) is 18.3 Å². The molecule has 0 aromatic rings. The fourth-order valence-electron chi connectivity index (χ4n) is 1.12. The SMILES string of the molecule is C=CCSC1=NCCCCC1. The maximum absolute atomic E-state index is 4.49. The van der Waals surface area contributed by atoms with Crippen LogP contribution in [0.4, 0.5) is 0 Å². The van der Waals surface area contributed by atoms with Crippen molar-refractivity contribution >= 4 is 16.8 Å². The molecule has 0 atom stereocenters. The van der Waals surface area contributed by atoms with Crippen LogP contribution in [0.2, 0.25) is 0 Å². The van der Waals surface area contributed by atoms with Crippen LogP contribution in [0, 0.1) is 0 Å². The average molecular weight is 169 g/mol. The van der Waals surface area contributed by atoms with Gasteiger partial charge in [0, 0.05) is 12.3 Å². The van der Waals surface area contributed by atoms with Gasteiger partial charge in [-0.05, 0) is 19.3 Å². The summed E-state index contributed by atoms with van der Waals surface area (Å²) in [4.78, 5) is 4.49. The molecule has 0 spiro atoms. The van der Waals surface area contributed by atoms with Crippen molar-refractivity contribution in [3.8, 4) is 0 Å². The molecule has 0 N–H and O–H groups in total. The van der Waals surface area contributed by atoms with Gasteiger partial charge >= 0.3 is 0 Å². The molecule has 0 aromatic heterocycles. The van der Waals surface area contributed by atoms with Crippen LogP contribution in [0.15, 0.2) is 17.6 Å². The number of thioether (sulfide) groups is 1. The summed E-state index contributed by atoms with van der Waals surface area (Å²) in [6, 6.07) is 0. The number of aliphatic imine (C=N–C) groups is 1. The van der Waals surface area contributed by atoms with Gasteiger partial charge in [-0.1, -0.05) is 12.5 Å². The average Bonchev–Trinajstić information content (AvgIpc) is 2.28. The van der Waals surface area contributed by atoms with E-state index in [1.165, 1.54) is 30.7 Å². The molecule has 0 amide bonds. The zero-order valence-corrected chi connectivity index (χ0v) is 7.70. The highest BCUT2D eigenvalue weighted by Crippen LogP contribution is 2.15. The molecule has 11 heavy (non-hydrogen) atoms. The zero-order chi connectivity index (χ0) is 7.94. The van der Waals surface area contributed by atoms with Gasteiger partial charge in [0.15, 0.2) is 0 Å². The smallest absolute Gasteiger partial charge is 0.0678 e. The van der Waals surface area contributed by atoms with Crippen molar-refractivity contribution in [2.24, 2.45) is 4.99 Å². The highest BCUT2D eigenvalue weighted by atomic mass is 32.2. The van der Waals surface area contributed by atoms with Gasteiger partial charge in [-0.2, -0.15) is 0 Å². The number of rotatable bonds is 2. The Kier molecular flexibility index (Phi) is 4.36. The van der Waals surface area contributed by atoms with Gasteiger partial charge in [0.05, 0.1) is 5.04 Å². The van der Waals surface area contributed by atoms with Crippen LogP contribution in [0.1, 0.15) is 25.7 Å². The Morgan fingerprint density at radius 3 is 3.18 bits per heavy atom. The predicted molar refractivity (Wildman–Crippen MR) is 53.4 cm³/mol. The maximum Gasteiger partial charge on any atom is 0.0678 e. The lowest BCUT2D eigenvalue weighted by Gasteiger charge is -1.99. The molecule has 1 heterocycles. The maximum atomic E-state index is 4.49. The van der Waals surface area contributed by atoms with Crippen LogP contribution in [-0.2, 0) is 0 Å². The number of nitrogens with zero attached hydrogens (tertiary/aromatic N) is 1. The Balaban J connectivity index is 2.28. The van der Waals surface area contributed by atoms with E-state index in [0.717, 1.165) is 12.3 Å². The van der Waals surface area contributed by atoms with Crippen molar-refractivity contribution in [3.05, 3.63) is 12.7 Å². The van der Waals surface area contributed by atoms with E-state index < -0.39 is 0 Å². The topological polar surface area (TPSA) is 12.4 Å². The fraction of sp³-hybridized carbons (Fsp3) is 0.667. The van der Waals surface area contributed by atoms with Crippen LogP contribution in [0.25, 0.3) is 0 Å². The van der Waals surface area contributed by atoms with Gasteiger partial charge < -0.3 is 0 Å². The van der Waals surface area contributed by atoms with Crippen LogP contribution < -0.4 is 0 Å². The molecule has 62 valence electrons. The quantitative estimate of drug-likeness (QED) is 0.579. The molecule has 0 saturated heterocycles. The van der Waals surface area contributed by atoms with E-state index in [9.17, 15) is 0 Å². The summed E-state index contributed by atoms with van der Waals surface area (Å²) >= 11 is 1.84. The second-order valence-electron chi connectivity index (χ2n) is 2.69. The van der Waals surface area contributed by atoms with E-state index in [4.69, 9.17) is 0 Å². The Morgan fingerprint density at radius 1 is 1.45 bits per heavy atom. The molecule has 0 aliphatic carbocycles. The molecule has 1 rings (SSSR count). The van der Waals surface area contributed by atoms with E-state index in [1.54, 1.807) is 0 Å². The molecule has 0 bridgehead atoms. The van der Waals surface area contributed by atoms with Crippen LogP contribution in [0.5, 0.6) is 0 Å². The first-order valence-electron chi connectivity index (χ1n) is 4.20. The van der Waals surface area contributed by atoms with Gasteiger partial charge in [0.1, 0.15) is 0 Å². The lowest BCUT2D eigenvalue weighted by molar-refractivity contribution is 0.732. The lowest BCUT2D eigenvalue weighted by Crippen LogP contribution is -1.91. The van der Waals surface area contributed by atoms with Crippen molar-refractivity contribution in [3.63, 3.8) is 0 Å². The lowest BCUT2D eigenvalue weighted by atomic mass is 10.2. The van der Waals surface area contributed by atoms with Crippen LogP contribution in [-0.4, -0.2) is 17.3 Å². The van der Waals surface area contributed by atoms with Gasteiger partial charge in [0.25, 0.3) is 0 Å². The number of hydrogen-bond donors (Lipinski definition) is 0. The van der Waals surface area contributed by atoms with Crippen LogP contribution in [0.3, 0.4) is 0 Å². The predicted octanol–water partition coefficient (Wildman–Crippen LogP) is 2.88. The third-order valence-corrected chi connectivity index (χ3v) is 2.77. The largest absolute Gasteiger partial charge is 0.283 e. The molecule has 1 nitrogen and oxygen atoms in total. The first kappa shape index (κ1) is 8.85. The second-order valence-corrected chi connectivity index (χ2v) is 3.78. The third kappa shape index (κ3) is 3.61. The minimum absolute atomic E-state index is 1.01. The van der Waals surface area contributed by atoms with E-state index in [2.05, 4.69) is 11.6 Å². The molecule has 0 aromatic carbocycles. The molecule has 1 aliphatic rings. The summed E-state index contributed by atoms with van der Waals surface area (Å²) < 4.78 is 0. The summed E-state index contributed by atoms with van der Waals surface area (Å²) in [6.07, 6.45) is 7.08. The molecule has 0 fully saturated rings. The van der Waals surface area contributed by atoms with Crippen molar-refractivity contribution < 1.29 is 0 Å². The molecule has 2 heteroatoms. The summed E-state index contributed by atoms with van der Waals surface area (Å²) in [5, 5.41) is 1.34. The van der Waals surface area contributed by atoms with Crippen molar-refractivity contribution in [1.29, 1.82) is 0 Å². The number of hydrogen-bond acceptors (Lipinski definition) is 2. The second kappa shape index (κ2) is 5.42. The van der Waals surface area contributed by atoms with E-state index in [0.29, 0.717) is 0 Å². The van der Waals surface area contributed by atoms with Gasteiger partial charge in [-0.3, -0.25) is 4.99 Å². The van der Waals surface area contributed by atoms with Crippen LogP contribution >= 0.6 is 11.8 Å². The molecule has 0 unspecified atom stereocenters. The summed E-state index contributed by atoms with van der Waals surface area (Å²) in [6.45, 7) is 4.73. The Hall–Kier alpha value is -0.240. The molecule has 0 radical (unpaired) electrons. The molecule has 1 aliphatic heterocycles. The third-order valence-electron chi connectivity index (χ3n) is 1.70. The molecular weight excluding hydrogens is 154 g/mol. The van der Waals surface area contributed by atoms with Crippen molar-refractivity contribution in [2.75, 3.05) is 12.3 Å². The van der Waals surface area contributed by atoms with Crippen molar-refractivity contribution in [1.82, 2.24) is 0 Å². The van der Waals surface area contributed by atoms with Crippen molar-refractivity contribution in [2.45, 2.75) is 25.7 Å². The summed E-state index contributed by atoms with van der Waals surface area (Å²) in [5.41, 5.74) is 0. The minimum Gasteiger partial charge on any atom is -0.283 e. The summed E-state index contributed by atoms with van der Waals surface area (Å²) in [5.74, 6) is 1.01. The minimum atomic E-state index is 1.01. The fourth-order valence-corrected chi connectivity index (χ4v) is 1.90. The zero-order valence-electron chi connectivity index (χ0n) is 6.88. The molecular formula is C9H15NS. The first-order chi connectivity index (χ1) is 5.43. The van der Waals surface area contributed by atoms with Gasteiger partial charge in [-0.25, -0.2) is 0 Å². The van der Waals surface area contributed by atoms with Gasteiger partial charge in [0.2, 0.25) is 0 Å². The van der Waals surface area contributed by atoms with E-state index in [-0.39, 0.29) is 0 Å². The van der Waals surface area contributed by atoms with E-state index in [1.807, 2.05) is 17.8 Å². The standard InChI is InChI=1S/C9H15NS/c1-2-8-11-9-6-4-3-5-7-10-9/h2H,1,3-8H2. The normalized spacial score (nSPS) is 18.7. The Morgan fingerprint density at radius 2 is 2.36 bits per heavy atom. The Bertz CT molecular complexity index is 152. The summed E-state index contributed by atoms with van der Waals surface area (Å²) in [7, 11) is 0. The monoisotopic (exact) mass is 169 g/mol. The Labute approximate surface area is 73.0 Å². The molecule has 0 saturated carbocycles.